The molecule has 2 aromatic carbocycles. The van der Waals surface area contributed by atoms with Crippen molar-refractivity contribution in [3.63, 3.8) is 0 Å². The van der Waals surface area contributed by atoms with E-state index < -0.39 is 17.3 Å². The van der Waals surface area contributed by atoms with Crippen molar-refractivity contribution in [1.29, 1.82) is 5.26 Å². The molecule has 0 bridgehead atoms. The summed E-state index contributed by atoms with van der Waals surface area (Å²) in [6.07, 6.45) is 1.27. The lowest BCUT2D eigenvalue weighted by atomic mass is 9.87. The molecule has 7 heteroatoms. The van der Waals surface area contributed by atoms with Crippen LogP contribution in [0, 0.1) is 18.3 Å². The number of hydrogen-bond donors (Lipinski definition) is 1. The van der Waals surface area contributed by atoms with E-state index in [0.29, 0.717) is 11.3 Å². The number of benzene rings is 2. The Morgan fingerprint density at radius 2 is 1.82 bits per heavy atom. The highest BCUT2D eigenvalue weighted by Crippen LogP contribution is 2.44. The van der Waals surface area contributed by atoms with Crippen molar-refractivity contribution in [2.75, 3.05) is 14.2 Å². The van der Waals surface area contributed by atoms with Crippen LogP contribution in [0.5, 0.6) is 5.75 Å². The first-order chi connectivity index (χ1) is 16.0. The minimum atomic E-state index is -0.941. The van der Waals surface area contributed by atoms with Gasteiger partial charge in [-0.1, -0.05) is 0 Å². The first kappa shape index (κ1) is 23.4. The number of rotatable bonds is 4. The average molecular weight is 460 g/mol. The molecule has 1 unspecified atom stereocenters. The smallest absolute Gasteiger partial charge is 0.419 e. The third kappa shape index (κ3) is 3.80. The zero-order chi connectivity index (χ0) is 24.8. The summed E-state index contributed by atoms with van der Waals surface area (Å²) in [6, 6.07) is 13.5. The van der Waals surface area contributed by atoms with Crippen molar-refractivity contribution in [3.8, 4) is 11.8 Å². The number of nitriles is 1. The molecule has 0 saturated carbocycles. The number of fused-ring (bicyclic) bond motifs is 2. The number of aromatic amines is 1. The lowest BCUT2D eigenvalue weighted by Crippen LogP contribution is -2.28. The summed E-state index contributed by atoms with van der Waals surface area (Å²) < 4.78 is 19.1. The Morgan fingerprint density at radius 1 is 1.09 bits per heavy atom. The van der Waals surface area contributed by atoms with Crippen molar-refractivity contribution in [2.45, 2.75) is 45.8 Å². The molecule has 34 heavy (non-hydrogen) atoms. The van der Waals surface area contributed by atoms with Crippen LogP contribution >= 0.6 is 0 Å². The van der Waals surface area contributed by atoms with Crippen LogP contribution in [0.1, 0.15) is 50.1 Å². The topological polar surface area (TPSA) is 89.3 Å². The monoisotopic (exact) mass is 459 g/mol. The number of aromatic nitrogens is 2. The minimum absolute atomic E-state index is 0.449. The Hall–Kier alpha value is -3.76. The maximum absolute atomic E-state index is 13.0. The highest BCUT2D eigenvalue weighted by atomic mass is 16.6. The summed E-state index contributed by atoms with van der Waals surface area (Å²) in [6.45, 7) is 9.42. The van der Waals surface area contributed by atoms with Crippen molar-refractivity contribution in [3.05, 3.63) is 65.0 Å². The van der Waals surface area contributed by atoms with Gasteiger partial charge in [-0.3, -0.25) is 4.57 Å². The van der Waals surface area contributed by atoms with E-state index in [1.54, 1.807) is 26.5 Å². The predicted octanol–water partition coefficient (Wildman–Crippen LogP) is 6.00. The van der Waals surface area contributed by atoms with Gasteiger partial charge in [0.25, 0.3) is 0 Å². The van der Waals surface area contributed by atoms with E-state index in [0.717, 1.165) is 38.6 Å². The van der Waals surface area contributed by atoms with Gasteiger partial charge in [0.05, 0.1) is 30.0 Å². The van der Waals surface area contributed by atoms with Gasteiger partial charge in [-0.15, -0.1) is 0 Å². The summed E-state index contributed by atoms with van der Waals surface area (Å²) in [7, 11) is 3.26. The zero-order valence-electron chi connectivity index (χ0n) is 20.6. The molecule has 0 amide bonds. The SMILES string of the molecule is COc1cc(C)c2c(ccn2C(=O)OC(C)(C)C)c1C(C)(OC)c1cc2cc(C#N)ccc2[nH]1. The van der Waals surface area contributed by atoms with Crippen LogP contribution in [0.2, 0.25) is 0 Å². The number of carbonyl (C=O) groups excluding carboxylic acids is 1. The van der Waals surface area contributed by atoms with E-state index in [4.69, 9.17) is 14.2 Å². The van der Waals surface area contributed by atoms with Gasteiger partial charge in [-0.25, -0.2) is 4.79 Å². The van der Waals surface area contributed by atoms with Gasteiger partial charge in [0.15, 0.2) is 0 Å². The highest BCUT2D eigenvalue weighted by Gasteiger charge is 2.37. The number of nitrogens with one attached hydrogen (secondary N) is 1. The van der Waals surface area contributed by atoms with E-state index >= 15 is 0 Å². The third-order valence-corrected chi connectivity index (χ3v) is 6.08. The molecule has 1 N–H and O–H groups in total. The molecule has 176 valence electrons. The summed E-state index contributed by atoms with van der Waals surface area (Å²) in [5.41, 5.74) is 3.11. The van der Waals surface area contributed by atoms with Crippen molar-refractivity contribution in [2.24, 2.45) is 0 Å². The standard InChI is InChI=1S/C27H29N3O4/c1-16-12-21(32-6)23(19-10-11-30(24(16)19)25(31)34-26(2,3)4)27(5,33-7)22-14-18-13-17(15-28)8-9-20(18)29-22/h8-14,29H,1-7H3. The molecular formula is C27H29N3O4. The number of ether oxygens (including phenoxy) is 3. The number of aryl methyl sites for hydroxylation is 1. The summed E-state index contributed by atoms with van der Waals surface area (Å²) >= 11 is 0. The first-order valence-corrected chi connectivity index (χ1v) is 11.0. The molecule has 7 nitrogen and oxygen atoms in total. The molecular weight excluding hydrogens is 430 g/mol. The second-order valence-electron chi connectivity index (χ2n) is 9.53. The van der Waals surface area contributed by atoms with E-state index in [-0.39, 0.29) is 0 Å². The Morgan fingerprint density at radius 3 is 2.44 bits per heavy atom. The Kier molecular flexibility index (Phi) is 5.66. The van der Waals surface area contributed by atoms with Crippen LogP contribution in [0.3, 0.4) is 0 Å². The van der Waals surface area contributed by atoms with Gasteiger partial charge in [-0.2, -0.15) is 5.26 Å². The molecule has 2 aromatic heterocycles. The second-order valence-corrected chi connectivity index (χ2v) is 9.53. The van der Waals surface area contributed by atoms with Gasteiger partial charge in [0, 0.05) is 35.2 Å². The fraction of sp³-hybridized carbons (Fsp3) is 0.333. The molecule has 0 spiro atoms. The summed E-state index contributed by atoms with van der Waals surface area (Å²) in [5, 5.41) is 11.0. The average Bonchev–Trinajstić information content (AvgIpc) is 3.42. The number of hydrogen-bond acceptors (Lipinski definition) is 5. The Bertz CT molecular complexity index is 1450. The fourth-order valence-corrected chi connectivity index (χ4v) is 4.43. The first-order valence-electron chi connectivity index (χ1n) is 11.0. The summed E-state index contributed by atoms with van der Waals surface area (Å²) in [4.78, 5) is 16.4. The van der Waals surface area contributed by atoms with Gasteiger partial charge in [0.1, 0.15) is 17.0 Å². The number of methoxy groups -OCH3 is 2. The second kappa shape index (κ2) is 8.23. The minimum Gasteiger partial charge on any atom is -0.496 e. The van der Waals surface area contributed by atoms with Crippen LogP contribution in [0.25, 0.3) is 21.8 Å². The van der Waals surface area contributed by atoms with Crippen molar-refractivity contribution < 1.29 is 19.0 Å². The molecule has 0 saturated heterocycles. The lowest BCUT2D eigenvalue weighted by Gasteiger charge is -2.30. The maximum Gasteiger partial charge on any atom is 0.419 e. The predicted molar refractivity (Wildman–Crippen MR) is 131 cm³/mol. The maximum atomic E-state index is 13.0. The van der Waals surface area contributed by atoms with Gasteiger partial charge >= 0.3 is 6.09 Å². The molecule has 2 heterocycles. The van der Waals surface area contributed by atoms with Crippen LogP contribution in [0.15, 0.2) is 42.6 Å². The molecule has 4 rings (SSSR count). The molecule has 1 atom stereocenters. The van der Waals surface area contributed by atoms with E-state index in [2.05, 4.69) is 11.1 Å². The number of H-pyrrole nitrogens is 1. The molecule has 0 radical (unpaired) electrons. The van der Waals surface area contributed by atoms with Gasteiger partial charge < -0.3 is 19.2 Å². The largest absolute Gasteiger partial charge is 0.496 e. The normalized spacial score (nSPS) is 13.6. The lowest BCUT2D eigenvalue weighted by molar-refractivity contribution is 0.0352. The van der Waals surface area contributed by atoms with Crippen LogP contribution in [0.4, 0.5) is 4.79 Å². The molecule has 0 aliphatic rings. The number of nitrogens with zero attached hydrogens (tertiary/aromatic N) is 2. The van der Waals surface area contributed by atoms with Crippen molar-refractivity contribution in [1.82, 2.24) is 9.55 Å². The van der Waals surface area contributed by atoms with Crippen LogP contribution in [-0.4, -0.2) is 35.5 Å². The Labute approximate surface area is 198 Å². The Balaban J connectivity index is 1.97. The van der Waals surface area contributed by atoms with Crippen LogP contribution in [-0.2, 0) is 15.1 Å². The van der Waals surface area contributed by atoms with E-state index in [9.17, 15) is 10.1 Å². The van der Waals surface area contributed by atoms with E-state index in [1.165, 1.54) is 4.57 Å². The number of carbonyl (C=O) groups is 1. The highest BCUT2D eigenvalue weighted by molar-refractivity contribution is 5.96. The zero-order valence-corrected chi connectivity index (χ0v) is 20.6. The molecule has 0 aliphatic carbocycles. The van der Waals surface area contributed by atoms with Gasteiger partial charge in [-0.05, 0) is 76.6 Å². The van der Waals surface area contributed by atoms with E-state index in [1.807, 2.05) is 65.0 Å². The van der Waals surface area contributed by atoms with Crippen molar-refractivity contribution >= 4 is 27.9 Å². The quantitative estimate of drug-likeness (QED) is 0.404. The van der Waals surface area contributed by atoms with Crippen LogP contribution < -0.4 is 4.74 Å². The van der Waals surface area contributed by atoms with Gasteiger partial charge in [0.2, 0.25) is 0 Å². The fourth-order valence-electron chi connectivity index (χ4n) is 4.43. The summed E-state index contributed by atoms with van der Waals surface area (Å²) in [5.74, 6) is 0.646. The third-order valence-electron chi connectivity index (χ3n) is 6.08. The molecule has 0 aliphatic heterocycles. The molecule has 4 aromatic rings. The molecule has 0 fully saturated rings.